The van der Waals surface area contributed by atoms with E-state index in [9.17, 15) is 28.8 Å². The molecule has 6 amide bonds. The topological polar surface area (TPSA) is 276 Å². The first kappa shape index (κ1) is 48.0. The number of fused-ring (bicyclic) bond motifs is 1. The van der Waals surface area contributed by atoms with Crippen molar-refractivity contribution in [2.75, 3.05) is 71.6 Å². The van der Waals surface area contributed by atoms with Gasteiger partial charge in [0.1, 0.15) is 12.1 Å². The van der Waals surface area contributed by atoms with Crippen molar-refractivity contribution < 1.29 is 47.7 Å². The van der Waals surface area contributed by atoms with Crippen molar-refractivity contribution in [2.24, 2.45) is 22.4 Å². The van der Waals surface area contributed by atoms with Crippen LogP contribution in [0.5, 0.6) is 0 Å². The van der Waals surface area contributed by atoms with Gasteiger partial charge >= 0.3 is 12.0 Å². The highest BCUT2D eigenvalue weighted by molar-refractivity contribution is 8.00. The number of aliphatic imine (C=N–C) groups is 1. The van der Waals surface area contributed by atoms with Crippen molar-refractivity contribution in [1.82, 2.24) is 31.9 Å². The van der Waals surface area contributed by atoms with Crippen LogP contribution in [0.4, 0.5) is 4.79 Å². The molecule has 2 rings (SSSR count). The lowest BCUT2D eigenvalue weighted by Crippen LogP contribution is -2.54. The van der Waals surface area contributed by atoms with Gasteiger partial charge in [0.15, 0.2) is 5.96 Å². The van der Waals surface area contributed by atoms with Crippen LogP contribution in [0.15, 0.2) is 17.1 Å². The fraction of sp³-hybridized carbons (Fsp3) is 0.750. The van der Waals surface area contributed by atoms with Gasteiger partial charge in [0.05, 0.1) is 58.3 Å². The minimum absolute atomic E-state index is 0.00644. The molecule has 0 radical (unpaired) electrons. The molecule has 318 valence electrons. The zero-order chi connectivity index (χ0) is 41.1. The van der Waals surface area contributed by atoms with E-state index in [1.54, 1.807) is 6.92 Å². The van der Waals surface area contributed by atoms with Gasteiger partial charge in [0, 0.05) is 49.2 Å². The van der Waals surface area contributed by atoms with Crippen LogP contribution >= 0.6 is 11.8 Å². The molecule has 2 fully saturated rings. The number of guanidine groups is 1. The predicted octanol–water partition coefficient (Wildman–Crippen LogP) is -0.817. The molecule has 20 heteroatoms. The summed E-state index contributed by atoms with van der Waals surface area (Å²) in [4.78, 5) is 77.9. The maximum absolute atomic E-state index is 13.3. The minimum atomic E-state index is -0.962. The van der Waals surface area contributed by atoms with Crippen molar-refractivity contribution >= 4 is 53.4 Å². The number of nitrogens with zero attached hydrogens (tertiary/aromatic N) is 1. The molecule has 0 aromatic heterocycles. The van der Waals surface area contributed by atoms with Crippen molar-refractivity contribution in [3.63, 3.8) is 0 Å². The quantitative estimate of drug-likeness (QED) is 0.0110. The summed E-state index contributed by atoms with van der Waals surface area (Å²) in [6, 6.07) is -1.58. The van der Waals surface area contributed by atoms with Crippen molar-refractivity contribution in [3.05, 3.63) is 12.2 Å². The fourth-order valence-electron chi connectivity index (χ4n) is 5.84. The molecule has 0 unspecified atom stereocenters. The van der Waals surface area contributed by atoms with Gasteiger partial charge in [0.25, 0.3) is 0 Å². The average Bonchev–Trinajstić information content (AvgIpc) is 3.70. The van der Waals surface area contributed by atoms with Crippen molar-refractivity contribution in [1.29, 1.82) is 0 Å². The Morgan fingerprint density at radius 2 is 1.55 bits per heavy atom. The Bertz CT molecular complexity index is 1300. The molecule has 5 atom stereocenters. The van der Waals surface area contributed by atoms with Gasteiger partial charge < -0.3 is 62.3 Å². The van der Waals surface area contributed by atoms with Crippen LogP contribution in [-0.4, -0.2) is 143 Å². The molecule has 10 N–H and O–H groups in total. The summed E-state index contributed by atoms with van der Waals surface area (Å²) in [5.74, 6) is -1.47. The van der Waals surface area contributed by atoms with Crippen LogP contribution in [0.2, 0.25) is 0 Å². The van der Waals surface area contributed by atoms with E-state index in [0.717, 1.165) is 37.2 Å². The van der Waals surface area contributed by atoms with E-state index >= 15 is 0 Å². The van der Waals surface area contributed by atoms with Crippen LogP contribution in [-0.2, 0) is 42.9 Å². The number of unbranched alkanes of at least 4 members (excludes halogenated alkanes) is 1. The molecule has 0 aliphatic carbocycles. The number of urea groups is 1. The van der Waals surface area contributed by atoms with E-state index in [1.807, 2.05) is 25.6 Å². The molecule has 0 saturated carbocycles. The van der Waals surface area contributed by atoms with Crippen LogP contribution < -0.4 is 43.4 Å². The van der Waals surface area contributed by atoms with E-state index in [-0.39, 0.29) is 81.7 Å². The largest absolute Gasteiger partial charge is 0.463 e. The number of ether oxygens (including phenoxy) is 4. The highest BCUT2D eigenvalue weighted by atomic mass is 32.2. The standard InChI is InChI=1S/C36H63N9O10S/c1-4-55-31(48)12-11-30(47)42-26(22-24(2)3)34(50)43-25(8-7-13-41-35(37)38)33(49)40-15-17-53-19-21-54-20-18-52-16-14-39-29(46)10-6-5-9-28-32-27(23-56-28)44-36(51)45-32/h11-12,24-28,32H,4-10,13-23H2,1-3H3,(H,39,46)(H,40,49)(H,42,47)(H,43,50)(H4,37,38,41)(H2,44,45,51)/b12-11+/t25-,26-,27-,28-,32-/m0/s1. The molecule has 0 bridgehead atoms. The molecule has 2 aliphatic rings. The van der Waals surface area contributed by atoms with Crippen LogP contribution in [0.25, 0.3) is 0 Å². The summed E-state index contributed by atoms with van der Waals surface area (Å²) >= 11 is 1.88. The molecule has 19 nitrogen and oxygen atoms in total. The number of carbonyl (C=O) groups excluding carboxylic acids is 6. The highest BCUT2D eigenvalue weighted by Gasteiger charge is 2.42. The Morgan fingerprint density at radius 3 is 2.21 bits per heavy atom. The molecular weight excluding hydrogens is 751 g/mol. The van der Waals surface area contributed by atoms with Crippen molar-refractivity contribution in [2.45, 2.75) is 95.1 Å². The van der Waals surface area contributed by atoms with E-state index in [2.05, 4.69) is 36.9 Å². The number of esters is 1. The summed E-state index contributed by atoms with van der Waals surface area (Å²) in [5.41, 5.74) is 10.8. The summed E-state index contributed by atoms with van der Waals surface area (Å²) in [6.07, 6.45) is 6.05. The second-order valence-electron chi connectivity index (χ2n) is 13.6. The molecule has 0 aromatic rings. The SMILES string of the molecule is CCOC(=O)/C=C/C(=O)N[C@@H](CC(C)C)C(=O)N[C@@H](CCCN=C(N)N)C(=O)NCCOCCOCCOCCNC(=O)CCCC[C@@H]1SC[C@@H]2NC(=O)N[C@@H]21. The van der Waals surface area contributed by atoms with Gasteiger partial charge in [-0.2, -0.15) is 11.8 Å². The average molecular weight is 814 g/mol. The second kappa shape index (κ2) is 28.3. The Hall–Kier alpha value is -4.14. The Balaban J connectivity index is 1.58. The number of carbonyl (C=O) groups is 6. The van der Waals surface area contributed by atoms with E-state index in [4.69, 9.17) is 30.4 Å². The summed E-state index contributed by atoms with van der Waals surface area (Å²) in [7, 11) is 0. The predicted molar refractivity (Wildman–Crippen MR) is 211 cm³/mol. The molecule has 2 heterocycles. The van der Waals surface area contributed by atoms with E-state index < -0.39 is 35.8 Å². The van der Waals surface area contributed by atoms with Gasteiger partial charge in [0.2, 0.25) is 23.6 Å². The monoisotopic (exact) mass is 813 g/mol. The van der Waals surface area contributed by atoms with Crippen LogP contribution in [0.1, 0.15) is 65.7 Å². The Morgan fingerprint density at radius 1 is 0.875 bits per heavy atom. The molecule has 2 saturated heterocycles. The van der Waals surface area contributed by atoms with Gasteiger partial charge in [-0.15, -0.1) is 0 Å². The first-order valence-electron chi connectivity index (χ1n) is 19.4. The maximum Gasteiger partial charge on any atom is 0.330 e. The van der Waals surface area contributed by atoms with Crippen LogP contribution in [0, 0.1) is 5.92 Å². The number of thioether (sulfide) groups is 1. The summed E-state index contributed by atoms with van der Waals surface area (Å²) in [6.45, 7) is 8.31. The fourth-order valence-corrected chi connectivity index (χ4v) is 7.38. The zero-order valence-electron chi connectivity index (χ0n) is 32.9. The van der Waals surface area contributed by atoms with E-state index in [0.29, 0.717) is 51.1 Å². The molecule has 0 spiro atoms. The third kappa shape index (κ3) is 21.2. The lowest BCUT2D eigenvalue weighted by atomic mass is 10.0. The number of nitrogens with two attached hydrogens (primary N) is 2. The summed E-state index contributed by atoms with van der Waals surface area (Å²) in [5, 5.41) is 17.3. The third-order valence-corrected chi connectivity index (χ3v) is 10.0. The number of rotatable bonds is 30. The molecular formula is C36H63N9O10S. The smallest absolute Gasteiger partial charge is 0.330 e. The number of hydrogen-bond acceptors (Lipinski definition) is 12. The highest BCUT2D eigenvalue weighted by Crippen LogP contribution is 2.33. The third-order valence-electron chi connectivity index (χ3n) is 8.51. The Kier molecular flexibility index (Phi) is 24.2. The van der Waals surface area contributed by atoms with Gasteiger partial charge in [-0.05, 0) is 44.9 Å². The molecule has 0 aromatic carbocycles. The normalized spacial score (nSPS) is 18.4. The van der Waals surface area contributed by atoms with Crippen LogP contribution in [0.3, 0.4) is 0 Å². The van der Waals surface area contributed by atoms with E-state index in [1.165, 1.54) is 0 Å². The van der Waals surface area contributed by atoms with Gasteiger partial charge in [-0.25, -0.2) is 9.59 Å². The lowest BCUT2D eigenvalue weighted by Gasteiger charge is -2.24. The molecule has 2 aliphatic heterocycles. The number of hydrogen-bond donors (Lipinski definition) is 8. The minimum Gasteiger partial charge on any atom is -0.463 e. The zero-order valence-corrected chi connectivity index (χ0v) is 33.8. The first-order valence-corrected chi connectivity index (χ1v) is 20.4. The first-order chi connectivity index (χ1) is 26.9. The number of amides is 6. The summed E-state index contributed by atoms with van der Waals surface area (Å²) < 4.78 is 21.3. The Labute approximate surface area is 333 Å². The second-order valence-corrected chi connectivity index (χ2v) is 14.9. The number of nitrogens with one attached hydrogen (secondary N) is 6. The van der Waals surface area contributed by atoms with Gasteiger partial charge in [-0.1, -0.05) is 20.3 Å². The van der Waals surface area contributed by atoms with Crippen molar-refractivity contribution in [3.8, 4) is 0 Å². The maximum atomic E-state index is 13.3. The van der Waals surface area contributed by atoms with Gasteiger partial charge in [-0.3, -0.25) is 24.2 Å². The lowest BCUT2D eigenvalue weighted by molar-refractivity contribution is -0.137. The molecule has 56 heavy (non-hydrogen) atoms.